The normalized spacial score (nSPS) is 18.5. The van der Waals surface area contributed by atoms with Gasteiger partial charge in [0, 0.05) is 32.3 Å². The van der Waals surface area contributed by atoms with Crippen LogP contribution in [0.4, 0.5) is 0 Å². The molecule has 0 radical (unpaired) electrons. The minimum Gasteiger partial charge on any atom is -0.492 e. The second-order valence-electron chi connectivity index (χ2n) is 8.63. The fourth-order valence-corrected chi connectivity index (χ4v) is 3.88. The molecule has 8 unspecified atom stereocenters. The number of hydrogen-bond donors (Lipinski definition) is 10. The maximum atomic E-state index is 11.2. The smallest absolute Gasteiger partial charge is 0.186 e. The number of carbonyl (C=O) groups excluding carboxylic acids is 1. The summed E-state index contributed by atoms with van der Waals surface area (Å²) in [5, 5.41) is 97.6. The average molecular weight is 554 g/mol. The highest BCUT2D eigenvalue weighted by molar-refractivity contribution is 8.12. The summed E-state index contributed by atoms with van der Waals surface area (Å²) in [4.78, 5) is 12.5. The van der Waals surface area contributed by atoms with Gasteiger partial charge < -0.3 is 55.8 Å². The van der Waals surface area contributed by atoms with Crippen LogP contribution in [0.2, 0.25) is 0 Å². The van der Waals surface area contributed by atoms with E-state index in [1.807, 2.05) is 6.07 Å². The molecule has 8 atom stereocenters. The Balaban J connectivity index is 2.87. The summed E-state index contributed by atoms with van der Waals surface area (Å²) in [5.41, 5.74) is 0.847. The van der Waals surface area contributed by atoms with Crippen molar-refractivity contribution < 1.29 is 60.6 Å². The Kier molecular flexibility index (Phi) is 15.7. The van der Waals surface area contributed by atoms with E-state index in [-0.39, 0.29) is 18.3 Å². The number of benzene rings is 1. The van der Waals surface area contributed by atoms with Gasteiger partial charge in [-0.1, -0.05) is 23.9 Å². The summed E-state index contributed by atoms with van der Waals surface area (Å²) in [6, 6.07) is 6.98. The lowest BCUT2D eigenvalue weighted by Crippen LogP contribution is -2.53. The Morgan fingerprint density at radius 3 is 1.78 bits per heavy atom. The fourth-order valence-electron chi connectivity index (χ4n) is 3.33. The minimum atomic E-state index is -1.87. The van der Waals surface area contributed by atoms with Gasteiger partial charge in [-0.2, -0.15) is 0 Å². The molecule has 0 aliphatic carbocycles. The SMILES string of the molecule is CC(=O)SCc1cccc(OCCN(CC(O)C(O)C(O)C(O)CO)CC(O)C(O)C(O)C(O)CO)c1. The molecule has 0 saturated heterocycles. The predicted molar refractivity (Wildman–Crippen MR) is 133 cm³/mol. The summed E-state index contributed by atoms with van der Waals surface area (Å²) in [7, 11) is 0. The van der Waals surface area contributed by atoms with Gasteiger partial charge in [-0.05, 0) is 17.7 Å². The molecule has 10 N–H and O–H groups in total. The molecule has 0 heterocycles. The summed E-state index contributed by atoms with van der Waals surface area (Å²) in [5.74, 6) is 0.933. The Morgan fingerprint density at radius 2 is 1.32 bits per heavy atom. The van der Waals surface area contributed by atoms with Gasteiger partial charge in [0.2, 0.25) is 0 Å². The summed E-state index contributed by atoms with van der Waals surface area (Å²) < 4.78 is 5.71. The van der Waals surface area contributed by atoms with Crippen LogP contribution in [0.15, 0.2) is 24.3 Å². The van der Waals surface area contributed by atoms with Crippen molar-refractivity contribution in [1.82, 2.24) is 4.90 Å². The number of hydrogen-bond acceptors (Lipinski definition) is 14. The van der Waals surface area contributed by atoms with Gasteiger partial charge in [-0.25, -0.2) is 0 Å². The van der Waals surface area contributed by atoms with Gasteiger partial charge >= 0.3 is 0 Å². The van der Waals surface area contributed by atoms with E-state index >= 15 is 0 Å². The Bertz CT molecular complexity index is 760. The number of carbonyl (C=O) groups is 1. The van der Waals surface area contributed by atoms with Gasteiger partial charge in [-0.15, -0.1) is 0 Å². The largest absolute Gasteiger partial charge is 0.492 e. The maximum absolute atomic E-state index is 11.2. The molecule has 0 aromatic heterocycles. The molecule has 0 spiro atoms. The van der Waals surface area contributed by atoms with Crippen LogP contribution in [0.1, 0.15) is 12.5 Å². The Hall–Kier alpha value is -1.40. The molecule has 1 aromatic rings. The second kappa shape index (κ2) is 17.2. The first kappa shape index (κ1) is 33.6. The number of rotatable bonds is 18. The van der Waals surface area contributed by atoms with Crippen LogP contribution >= 0.6 is 11.8 Å². The van der Waals surface area contributed by atoms with Crippen molar-refractivity contribution >= 4 is 16.9 Å². The lowest BCUT2D eigenvalue weighted by molar-refractivity contribution is -0.130. The van der Waals surface area contributed by atoms with Crippen molar-refractivity contribution in [2.45, 2.75) is 61.5 Å². The molecule has 1 rings (SSSR count). The first-order chi connectivity index (χ1) is 17.4. The number of aliphatic hydroxyl groups excluding tert-OH is 10. The predicted octanol–water partition coefficient (Wildman–Crippen LogP) is -3.98. The molecule has 0 fully saturated rings. The quantitative estimate of drug-likeness (QED) is 0.0835. The van der Waals surface area contributed by atoms with Crippen molar-refractivity contribution in [2.24, 2.45) is 0 Å². The molecular weight excluding hydrogens is 514 g/mol. The zero-order chi connectivity index (χ0) is 28.1. The van der Waals surface area contributed by atoms with Crippen molar-refractivity contribution in [3.63, 3.8) is 0 Å². The summed E-state index contributed by atoms with van der Waals surface area (Å²) >= 11 is 1.14. The van der Waals surface area contributed by atoms with E-state index in [2.05, 4.69) is 0 Å². The van der Waals surface area contributed by atoms with Crippen LogP contribution in [0.25, 0.3) is 0 Å². The van der Waals surface area contributed by atoms with Crippen LogP contribution in [-0.2, 0) is 10.5 Å². The van der Waals surface area contributed by atoms with Crippen molar-refractivity contribution in [3.05, 3.63) is 29.8 Å². The van der Waals surface area contributed by atoms with Crippen molar-refractivity contribution in [1.29, 1.82) is 0 Å². The Morgan fingerprint density at radius 1 is 0.838 bits per heavy atom. The van der Waals surface area contributed by atoms with Crippen molar-refractivity contribution in [3.8, 4) is 5.75 Å². The summed E-state index contributed by atoms with van der Waals surface area (Å²) in [6.07, 6.45) is -14.2. The molecule has 214 valence electrons. The van der Waals surface area contributed by atoms with Crippen LogP contribution in [0, 0.1) is 0 Å². The zero-order valence-corrected chi connectivity index (χ0v) is 21.3. The van der Waals surface area contributed by atoms with Crippen molar-refractivity contribution in [2.75, 3.05) is 39.5 Å². The van der Waals surface area contributed by atoms with Gasteiger partial charge in [0.1, 0.15) is 49.0 Å². The van der Waals surface area contributed by atoms with Crippen LogP contribution in [-0.4, -0.2) is 149 Å². The molecule has 0 aliphatic heterocycles. The standard InChI is InChI=1S/C23H39NO12S/c1-13(27)37-12-14-3-2-4-15(7-14)36-6-5-24(8-16(28)20(32)22(34)18(30)10-25)9-17(29)21(33)23(35)19(31)11-26/h2-4,7,16-23,25-26,28-35H,5-6,8-12H2,1H3. The summed E-state index contributed by atoms with van der Waals surface area (Å²) in [6.45, 7) is -1.03. The molecule has 0 bridgehead atoms. The van der Waals surface area contributed by atoms with E-state index in [4.69, 9.17) is 14.9 Å². The second-order valence-corrected chi connectivity index (χ2v) is 9.78. The zero-order valence-electron chi connectivity index (χ0n) is 20.5. The highest BCUT2D eigenvalue weighted by Gasteiger charge is 2.34. The number of nitrogens with zero attached hydrogens (tertiary/aromatic N) is 1. The van der Waals surface area contributed by atoms with E-state index in [0.717, 1.165) is 17.3 Å². The number of ether oxygens (including phenoxy) is 1. The molecule has 1 aromatic carbocycles. The van der Waals surface area contributed by atoms with Crippen LogP contribution in [0.5, 0.6) is 5.75 Å². The molecule has 0 saturated carbocycles. The average Bonchev–Trinajstić information content (AvgIpc) is 2.89. The third-order valence-corrected chi connectivity index (χ3v) is 6.44. The molecular formula is C23H39NO12S. The van der Waals surface area contributed by atoms with Gasteiger partial charge in [0.15, 0.2) is 5.12 Å². The first-order valence-electron chi connectivity index (χ1n) is 11.6. The topological polar surface area (TPSA) is 232 Å². The molecule has 0 aliphatic rings. The minimum absolute atomic E-state index is 0.00142. The Labute approximate surface area is 219 Å². The van der Waals surface area contributed by atoms with Gasteiger partial charge in [-0.3, -0.25) is 9.69 Å². The molecule has 0 amide bonds. The third-order valence-electron chi connectivity index (χ3n) is 5.56. The molecule has 37 heavy (non-hydrogen) atoms. The highest BCUT2D eigenvalue weighted by Crippen LogP contribution is 2.19. The first-order valence-corrected chi connectivity index (χ1v) is 12.6. The van der Waals surface area contributed by atoms with E-state index in [9.17, 15) is 45.6 Å². The number of thioether (sulfide) groups is 1. The fraction of sp³-hybridized carbons (Fsp3) is 0.696. The van der Waals surface area contributed by atoms with Crippen LogP contribution < -0.4 is 4.74 Å². The van der Waals surface area contributed by atoms with Crippen LogP contribution in [0.3, 0.4) is 0 Å². The molecule has 13 nitrogen and oxygen atoms in total. The van der Waals surface area contributed by atoms with Gasteiger partial charge in [0.25, 0.3) is 0 Å². The lowest BCUT2D eigenvalue weighted by atomic mass is 10.0. The van der Waals surface area contributed by atoms with E-state index < -0.39 is 75.1 Å². The number of aliphatic hydroxyl groups is 10. The van der Waals surface area contributed by atoms with Gasteiger partial charge in [0.05, 0.1) is 25.4 Å². The highest BCUT2D eigenvalue weighted by atomic mass is 32.2. The monoisotopic (exact) mass is 553 g/mol. The lowest BCUT2D eigenvalue weighted by Gasteiger charge is -2.33. The maximum Gasteiger partial charge on any atom is 0.186 e. The third kappa shape index (κ3) is 11.9. The molecule has 14 heteroatoms. The van der Waals surface area contributed by atoms with E-state index in [0.29, 0.717) is 11.5 Å². The van der Waals surface area contributed by atoms with E-state index in [1.165, 1.54) is 11.8 Å². The van der Waals surface area contributed by atoms with E-state index in [1.54, 1.807) is 18.2 Å².